The zero-order valence-electron chi connectivity index (χ0n) is 33.1. The highest BCUT2D eigenvalue weighted by Gasteiger charge is 2.62. The van der Waals surface area contributed by atoms with Crippen molar-refractivity contribution in [2.45, 2.75) is 106 Å². The maximum atomic E-state index is 14.7. The van der Waals surface area contributed by atoms with Crippen LogP contribution in [0.5, 0.6) is 11.6 Å². The first kappa shape index (κ1) is 42.3. The molecule has 4 aliphatic rings. The molecule has 18 nitrogen and oxygen atoms in total. The molecular weight excluding hydrogens is 777 g/mol. The van der Waals surface area contributed by atoms with Crippen molar-refractivity contribution in [1.29, 1.82) is 0 Å². The van der Waals surface area contributed by atoms with E-state index in [0.29, 0.717) is 30.3 Å². The average molecular weight is 827 g/mol. The summed E-state index contributed by atoms with van der Waals surface area (Å²) in [5.41, 5.74) is -2.64. The number of fused-ring (bicyclic) bond motifs is 1. The number of hydrogen-bond acceptors (Lipinski definition) is 13. The van der Waals surface area contributed by atoms with Crippen LogP contribution in [-0.4, -0.2) is 133 Å². The van der Waals surface area contributed by atoms with E-state index in [4.69, 9.17) is 18.9 Å². The van der Waals surface area contributed by atoms with E-state index in [9.17, 15) is 37.2 Å². The van der Waals surface area contributed by atoms with Crippen LogP contribution in [0.3, 0.4) is 0 Å². The Balaban J connectivity index is 1.31. The van der Waals surface area contributed by atoms with Crippen molar-refractivity contribution in [3.05, 3.63) is 43.1 Å². The molecule has 2 aromatic rings. The minimum absolute atomic E-state index is 0.0613. The molecule has 7 atom stereocenters. The van der Waals surface area contributed by atoms with Gasteiger partial charge in [-0.25, -0.2) is 18.2 Å². The molecule has 1 aromatic carbocycles. The smallest absolute Gasteiger partial charge is 0.408 e. The van der Waals surface area contributed by atoms with Crippen molar-refractivity contribution in [1.82, 2.24) is 30.1 Å². The molecule has 3 heterocycles. The number of benzene rings is 1. The van der Waals surface area contributed by atoms with E-state index >= 15 is 0 Å². The third-order valence-electron chi connectivity index (χ3n) is 10.8. The Kier molecular flexibility index (Phi) is 12.0. The van der Waals surface area contributed by atoms with Gasteiger partial charge < -0.3 is 44.2 Å². The Morgan fingerprint density at radius 3 is 2.40 bits per heavy atom. The number of aldehydes is 1. The molecule has 0 spiro atoms. The van der Waals surface area contributed by atoms with E-state index in [1.807, 2.05) is 0 Å². The quantitative estimate of drug-likeness (QED) is 0.171. The van der Waals surface area contributed by atoms with Crippen LogP contribution in [0.4, 0.5) is 4.79 Å². The lowest BCUT2D eigenvalue weighted by Crippen LogP contribution is -2.59. The predicted molar refractivity (Wildman–Crippen MR) is 207 cm³/mol. The van der Waals surface area contributed by atoms with Gasteiger partial charge in [0.25, 0.3) is 5.91 Å². The molecule has 1 unspecified atom stereocenters. The number of aromatic nitrogens is 1. The lowest BCUT2D eigenvalue weighted by molar-refractivity contribution is -0.144. The molecule has 2 saturated heterocycles. The lowest BCUT2D eigenvalue weighted by atomic mass is 10.1. The van der Waals surface area contributed by atoms with E-state index in [2.05, 4.69) is 26.9 Å². The van der Waals surface area contributed by atoms with E-state index in [0.717, 1.165) is 10.3 Å². The number of ether oxygens (including phenoxy) is 4. The number of nitrogens with zero attached hydrogens (tertiary/aromatic N) is 3. The van der Waals surface area contributed by atoms with E-state index in [-0.39, 0.29) is 38.2 Å². The minimum Gasteiger partial charge on any atom is -0.497 e. The number of likely N-dealkylation sites (tertiary alicyclic amines) is 2. The SMILES string of the molecule is C=C[C@@H]1C[C@]1(NC(=O)[C@@H]1CC(Oc2nccc3cc(OC)ccc23)CN1C(=O)[C@H](CC(=O)N1C[C@H](OC)C[C@@H]1C=O)NC(=O)OC(C)(C)C)C(=O)NS(=O)(=O)C1CC1. The Labute approximate surface area is 336 Å². The van der Waals surface area contributed by atoms with Crippen LogP contribution in [0.25, 0.3) is 10.8 Å². The average Bonchev–Trinajstić information content (AvgIpc) is 4.07. The summed E-state index contributed by atoms with van der Waals surface area (Å²) in [5.74, 6) is -3.01. The van der Waals surface area contributed by atoms with Gasteiger partial charge in [0, 0.05) is 44.0 Å². The molecular formula is C39H50N6O12S. The molecule has 5 amide bonds. The number of pyridine rings is 1. The van der Waals surface area contributed by atoms with Crippen molar-refractivity contribution >= 4 is 56.8 Å². The monoisotopic (exact) mass is 826 g/mol. The Bertz CT molecular complexity index is 2090. The van der Waals surface area contributed by atoms with Crippen molar-refractivity contribution < 1.29 is 56.1 Å². The van der Waals surface area contributed by atoms with Crippen LogP contribution in [0.2, 0.25) is 0 Å². The number of methoxy groups -OCH3 is 2. The number of carbonyl (C=O) groups is 6. The van der Waals surface area contributed by atoms with Gasteiger partial charge in [-0.3, -0.25) is 23.9 Å². The Hall–Kier alpha value is -5.30. The van der Waals surface area contributed by atoms with Crippen LogP contribution >= 0.6 is 0 Å². The van der Waals surface area contributed by atoms with Gasteiger partial charge in [-0.15, -0.1) is 6.58 Å². The van der Waals surface area contributed by atoms with Gasteiger partial charge in [-0.1, -0.05) is 6.08 Å². The molecule has 0 radical (unpaired) electrons. The fourth-order valence-electron chi connectivity index (χ4n) is 7.46. The van der Waals surface area contributed by atoms with Crippen LogP contribution < -0.4 is 24.8 Å². The van der Waals surface area contributed by atoms with Gasteiger partial charge >= 0.3 is 6.09 Å². The van der Waals surface area contributed by atoms with Crippen LogP contribution in [0.15, 0.2) is 43.1 Å². The molecule has 4 fully saturated rings. The van der Waals surface area contributed by atoms with Gasteiger partial charge in [-0.05, 0) is 69.7 Å². The second-order valence-electron chi connectivity index (χ2n) is 16.1. The van der Waals surface area contributed by atoms with Gasteiger partial charge in [0.15, 0.2) is 0 Å². The molecule has 6 rings (SSSR count). The molecule has 2 aliphatic heterocycles. The fraction of sp³-hybridized carbons (Fsp3) is 0.564. The van der Waals surface area contributed by atoms with Gasteiger partial charge in [0.2, 0.25) is 33.6 Å². The molecule has 19 heteroatoms. The van der Waals surface area contributed by atoms with E-state index in [1.165, 1.54) is 31.4 Å². The second-order valence-corrected chi connectivity index (χ2v) is 18.1. The topological polar surface area (TPSA) is 229 Å². The number of rotatable bonds is 15. The Morgan fingerprint density at radius 2 is 1.78 bits per heavy atom. The van der Waals surface area contributed by atoms with Crippen molar-refractivity contribution in [2.75, 3.05) is 27.3 Å². The first-order chi connectivity index (χ1) is 27.4. The van der Waals surface area contributed by atoms with Crippen LogP contribution in [0, 0.1) is 5.92 Å². The highest BCUT2D eigenvalue weighted by molar-refractivity contribution is 7.91. The predicted octanol–water partition coefficient (Wildman–Crippen LogP) is 1.36. The molecule has 314 valence electrons. The number of hydrogen-bond donors (Lipinski definition) is 3. The van der Waals surface area contributed by atoms with Crippen molar-refractivity contribution in [3.63, 3.8) is 0 Å². The largest absolute Gasteiger partial charge is 0.497 e. The van der Waals surface area contributed by atoms with Crippen molar-refractivity contribution in [2.24, 2.45) is 5.92 Å². The number of nitrogens with one attached hydrogen (secondary N) is 3. The molecule has 2 saturated carbocycles. The minimum atomic E-state index is -3.97. The second kappa shape index (κ2) is 16.5. The Morgan fingerprint density at radius 1 is 1.05 bits per heavy atom. The first-order valence-corrected chi connectivity index (χ1v) is 20.6. The van der Waals surface area contributed by atoms with Gasteiger partial charge in [0.1, 0.15) is 41.4 Å². The third-order valence-corrected chi connectivity index (χ3v) is 12.6. The third kappa shape index (κ3) is 9.20. The maximum Gasteiger partial charge on any atom is 0.408 e. The molecule has 2 aliphatic carbocycles. The highest BCUT2D eigenvalue weighted by atomic mass is 32.2. The summed E-state index contributed by atoms with van der Waals surface area (Å²) < 4.78 is 50.1. The summed E-state index contributed by atoms with van der Waals surface area (Å²) in [6, 6.07) is 3.28. The normalized spacial score (nSPS) is 26.0. The molecule has 3 N–H and O–H groups in total. The van der Waals surface area contributed by atoms with E-state index in [1.54, 1.807) is 45.0 Å². The van der Waals surface area contributed by atoms with Gasteiger partial charge in [-0.2, -0.15) is 0 Å². The van der Waals surface area contributed by atoms with Crippen LogP contribution in [0.1, 0.15) is 59.3 Å². The summed E-state index contributed by atoms with van der Waals surface area (Å²) >= 11 is 0. The highest BCUT2D eigenvalue weighted by Crippen LogP contribution is 2.45. The summed E-state index contributed by atoms with van der Waals surface area (Å²) in [6.07, 6.45) is 1.69. The standard InChI is InChI=1S/C39H50N6O12S/c1-7-23-18-39(23,36(50)43-58(52,53)28-9-10-28)42-33(48)31-16-27(56-34-29-11-8-25(54-5)14-22(29)12-13-40-34)20-45(31)35(49)30(41-37(51)57-38(2,3)4)17-32(47)44-19-26(55-6)15-24(44)21-46/h7-8,11-14,21,23-24,26-28,30-31H,1,9-10,15-20H2,2-6H3,(H,41,51)(H,42,48)(H,43,50)/t23-,24-,26-,27?,30+,31+,39-/m1/s1. The lowest BCUT2D eigenvalue weighted by Gasteiger charge is -2.31. The molecule has 58 heavy (non-hydrogen) atoms. The summed E-state index contributed by atoms with van der Waals surface area (Å²) in [6.45, 7) is 8.46. The first-order valence-electron chi connectivity index (χ1n) is 19.1. The summed E-state index contributed by atoms with van der Waals surface area (Å²) in [5, 5.41) is 5.88. The zero-order chi connectivity index (χ0) is 42.2. The van der Waals surface area contributed by atoms with Gasteiger partial charge in [0.05, 0.1) is 37.5 Å². The molecule has 0 bridgehead atoms. The number of amides is 5. The molecule has 1 aromatic heterocycles. The van der Waals surface area contributed by atoms with Crippen LogP contribution in [-0.2, 0) is 43.5 Å². The number of carbonyl (C=O) groups excluding carboxylic acids is 6. The van der Waals surface area contributed by atoms with E-state index < -0.39 is 98.8 Å². The summed E-state index contributed by atoms with van der Waals surface area (Å²) in [4.78, 5) is 88.4. The maximum absolute atomic E-state index is 14.7. The number of alkyl carbamates (subject to hydrolysis) is 1. The number of sulfonamides is 1. The zero-order valence-corrected chi connectivity index (χ0v) is 33.9. The fourth-order valence-corrected chi connectivity index (χ4v) is 8.82. The van der Waals surface area contributed by atoms with Crippen molar-refractivity contribution in [3.8, 4) is 11.6 Å². The summed E-state index contributed by atoms with van der Waals surface area (Å²) in [7, 11) is -0.982.